The van der Waals surface area contributed by atoms with Crippen LogP contribution >= 0.6 is 0 Å². The van der Waals surface area contributed by atoms with Crippen molar-refractivity contribution in [2.24, 2.45) is 23.5 Å². The summed E-state index contributed by atoms with van der Waals surface area (Å²) in [5, 5.41) is 4.68. The Morgan fingerprint density at radius 1 is 1.15 bits per heavy atom. The van der Waals surface area contributed by atoms with Crippen LogP contribution in [0.15, 0.2) is 16.9 Å². The SMILES string of the molecule is NCCn1nc(C23CC4CC(CC(C4)C2)C3)ccc1=O. The van der Waals surface area contributed by atoms with Gasteiger partial charge in [-0.2, -0.15) is 5.10 Å². The van der Waals surface area contributed by atoms with Crippen LogP contribution in [0.4, 0.5) is 0 Å². The lowest BCUT2D eigenvalue weighted by Crippen LogP contribution is -2.49. The number of nitrogens with zero attached hydrogens (tertiary/aromatic N) is 2. The van der Waals surface area contributed by atoms with Crippen LogP contribution in [0.1, 0.15) is 44.2 Å². The van der Waals surface area contributed by atoms with Crippen LogP contribution < -0.4 is 11.3 Å². The third-order valence-electron chi connectivity index (χ3n) is 5.79. The zero-order valence-corrected chi connectivity index (χ0v) is 11.9. The van der Waals surface area contributed by atoms with Crippen LogP contribution in [0.25, 0.3) is 0 Å². The second kappa shape index (κ2) is 4.42. The maximum absolute atomic E-state index is 11.8. The van der Waals surface area contributed by atoms with Crippen LogP contribution in [0.2, 0.25) is 0 Å². The summed E-state index contributed by atoms with van der Waals surface area (Å²) in [6.07, 6.45) is 8.15. The predicted octanol–water partition coefficient (Wildman–Crippen LogP) is 1.67. The molecule has 0 saturated heterocycles. The van der Waals surface area contributed by atoms with Gasteiger partial charge in [0.25, 0.3) is 5.56 Å². The van der Waals surface area contributed by atoms with Gasteiger partial charge in [-0.3, -0.25) is 4.79 Å². The first-order valence-corrected chi connectivity index (χ1v) is 7.97. The monoisotopic (exact) mass is 273 g/mol. The van der Waals surface area contributed by atoms with E-state index < -0.39 is 0 Å². The molecule has 4 aliphatic carbocycles. The molecule has 1 heterocycles. The highest BCUT2D eigenvalue weighted by atomic mass is 16.1. The van der Waals surface area contributed by atoms with E-state index in [4.69, 9.17) is 5.73 Å². The molecular formula is C16H23N3O. The summed E-state index contributed by atoms with van der Waals surface area (Å²) >= 11 is 0. The fraction of sp³-hybridized carbons (Fsp3) is 0.750. The number of rotatable bonds is 3. The van der Waals surface area contributed by atoms with E-state index in [1.807, 2.05) is 6.07 Å². The first kappa shape index (κ1) is 12.6. The standard InChI is InChI=1S/C16H23N3O/c17-3-4-19-15(20)2-1-14(18-19)16-8-11-5-12(9-16)7-13(6-11)10-16/h1-2,11-13H,3-10,17H2. The van der Waals surface area contributed by atoms with Crippen molar-refractivity contribution in [2.75, 3.05) is 6.54 Å². The summed E-state index contributed by atoms with van der Waals surface area (Å²) < 4.78 is 1.56. The summed E-state index contributed by atoms with van der Waals surface area (Å²) in [5.74, 6) is 2.70. The number of hydrogen-bond acceptors (Lipinski definition) is 3. The van der Waals surface area contributed by atoms with Crippen LogP contribution in [-0.2, 0) is 12.0 Å². The van der Waals surface area contributed by atoms with E-state index in [1.165, 1.54) is 38.5 Å². The Labute approximate surface area is 119 Å². The predicted molar refractivity (Wildman–Crippen MR) is 77.4 cm³/mol. The highest BCUT2D eigenvalue weighted by Gasteiger charge is 2.52. The van der Waals surface area contributed by atoms with E-state index >= 15 is 0 Å². The summed E-state index contributed by atoms with van der Waals surface area (Å²) in [6.45, 7) is 0.996. The van der Waals surface area contributed by atoms with Crippen LogP contribution in [0.3, 0.4) is 0 Å². The van der Waals surface area contributed by atoms with Gasteiger partial charge in [-0.15, -0.1) is 0 Å². The number of nitrogens with two attached hydrogens (primary N) is 1. The quantitative estimate of drug-likeness (QED) is 0.911. The van der Waals surface area contributed by atoms with Gasteiger partial charge in [0.2, 0.25) is 0 Å². The Balaban J connectivity index is 1.73. The molecule has 1 aromatic rings. The van der Waals surface area contributed by atoms with Gasteiger partial charge in [0, 0.05) is 18.0 Å². The van der Waals surface area contributed by atoms with Crippen molar-refractivity contribution in [3.05, 3.63) is 28.2 Å². The highest BCUT2D eigenvalue weighted by molar-refractivity contribution is 5.21. The van der Waals surface area contributed by atoms with Crippen molar-refractivity contribution in [1.29, 1.82) is 0 Å². The second-order valence-electron chi connectivity index (χ2n) is 7.27. The Morgan fingerprint density at radius 3 is 2.30 bits per heavy atom. The van der Waals surface area contributed by atoms with Crippen LogP contribution in [0.5, 0.6) is 0 Å². The molecule has 4 saturated carbocycles. The molecule has 0 radical (unpaired) electrons. The molecule has 0 unspecified atom stereocenters. The summed E-state index contributed by atoms with van der Waals surface area (Å²) in [4.78, 5) is 11.8. The van der Waals surface area contributed by atoms with Gasteiger partial charge in [-0.1, -0.05) is 0 Å². The first-order valence-electron chi connectivity index (χ1n) is 7.97. The minimum atomic E-state index is -0.0241. The first-order chi connectivity index (χ1) is 9.68. The molecule has 108 valence electrons. The zero-order valence-electron chi connectivity index (χ0n) is 11.9. The van der Waals surface area contributed by atoms with Crippen molar-refractivity contribution in [3.63, 3.8) is 0 Å². The minimum Gasteiger partial charge on any atom is -0.329 e. The molecule has 0 amide bonds. The van der Waals surface area contributed by atoms with Gasteiger partial charge in [0.1, 0.15) is 0 Å². The molecule has 0 aliphatic heterocycles. The van der Waals surface area contributed by atoms with Crippen molar-refractivity contribution < 1.29 is 0 Å². The maximum atomic E-state index is 11.8. The molecular weight excluding hydrogens is 250 g/mol. The summed E-state index contributed by atoms with van der Waals surface area (Å²) in [6, 6.07) is 3.68. The third kappa shape index (κ3) is 1.85. The Hall–Kier alpha value is -1.16. The van der Waals surface area contributed by atoms with Crippen molar-refractivity contribution >= 4 is 0 Å². The molecule has 4 aliphatic rings. The van der Waals surface area contributed by atoms with Crippen molar-refractivity contribution in [2.45, 2.75) is 50.5 Å². The van der Waals surface area contributed by atoms with E-state index in [0.29, 0.717) is 13.1 Å². The molecule has 4 nitrogen and oxygen atoms in total. The van der Waals surface area contributed by atoms with Crippen molar-refractivity contribution in [3.8, 4) is 0 Å². The molecule has 0 aromatic carbocycles. The van der Waals surface area contributed by atoms with E-state index in [-0.39, 0.29) is 11.0 Å². The molecule has 1 aromatic heterocycles. The average molecular weight is 273 g/mol. The van der Waals surface area contributed by atoms with Crippen molar-refractivity contribution in [1.82, 2.24) is 9.78 Å². The fourth-order valence-corrected chi connectivity index (χ4v) is 5.44. The molecule has 4 bridgehead atoms. The molecule has 5 rings (SSSR count). The van der Waals surface area contributed by atoms with Gasteiger partial charge >= 0.3 is 0 Å². The minimum absolute atomic E-state index is 0.0241. The van der Waals surface area contributed by atoms with E-state index in [9.17, 15) is 4.79 Å². The summed E-state index contributed by atoms with van der Waals surface area (Å²) in [7, 11) is 0. The lowest BCUT2D eigenvalue weighted by atomic mass is 9.49. The maximum Gasteiger partial charge on any atom is 0.266 e. The van der Waals surface area contributed by atoms with E-state index in [0.717, 1.165) is 23.4 Å². The Kier molecular flexibility index (Phi) is 2.78. The Bertz CT molecular complexity index is 542. The molecule has 4 fully saturated rings. The van der Waals surface area contributed by atoms with E-state index in [2.05, 4.69) is 5.10 Å². The van der Waals surface area contributed by atoms with Gasteiger partial charge in [-0.05, 0) is 62.3 Å². The number of hydrogen-bond donors (Lipinski definition) is 1. The van der Waals surface area contributed by atoms with Gasteiger partial charge in [-0.25, -0.2) is 4.68 Å². The average Bonchev–Trinajstić information content (AvgIpc) is 2.40. The fourth-order valence-electron chi connectivity index (χ4n) is 5.44. The topological polar surface area (TPSA) is 60.9 Å². The highest BCUT2D eigenvalue weighted by Crippen LogP contribution is 2.60. The normalized spacial score (nSPS) is 38.4. The molecule has 20 heavy (non-hydrogen) atoms. The smallest absolute Gasteiger partial charge is 0.266 e. The van der Waals surface area contributed by atoms with Gasteiger partial charge in [0.05, 0.1) is 12.2 Å². The lowest BCUT2D eigenvalue weighted by Gasteiger charge is -2.56. The molecule has 0 spiro atoms. The van der Waals surface area contributed by atoms with Crippen LogP contribution in [-0.4, -0.2) is 16.3 Å². The zero-order chi connectivity index (χ0) is 13.7. The Morgan fingerprint density at radius 2 is 1.75 bits per heavy atom. The largest absolute Gasteiger partial charge is 0.329 e. The molecule has 2 N–H and O–H groups in total. The van der Waals surface area contributed by atoms with E-state index in [1.54, 1.807) is 10.7 Å². The third-order valence-corrected chi connectivity index (χ3v) is 5.79. The van der Waals surface area contributed by atoms with Gasteiger partial charge in [0.15, 0.2) is 0 Å². The lowest BCUT2D eigenvalue weighted by molar-refractivity contribution is -0.00806. The second-order valence-corrected chi connectivity index (χ2v) is 7.27. The van der Waals surface area contributed by atoms with Gasteiger partial charge < -0.3 is 5.73 Å². The molecule has 4 heteroatoms. The number of aromatic nitrogens is 2. The summed E-state index contributed by atoms with van der Waals surface area (Å²) in [5.41, 5.74) is 6.98. The molecule has 0 atom stereocenters. The van der Waals surface area contributed by atoms with Crippen LogP contribution in [0, 0.1) is 17.8 Å².